The van der Waals surface area contributed by atoms with Gasteiger partial charge in [-0.3, -0.25) is 9.59 Å². The number of carbonyl (C=O) groups excluding carboxylic acids is 2. The Hall–Kier alpha value is -2.11. The Morgan fingerprint density at radius 1 is 1.11 bits per heavy atom. The van der Waals surface area contributed by atoms with Gasteiger partial charge in [0.1, 0.15) is 5.82 Å². The molecule has 1 fully saturated rings. The third kappa shape index (κ3) is 6.21. The van der Waals surface area contributed by atoms with Gasteiger partial charge in [0.2, 0.25) is 11.8 Å². The average Bonchev–Trinajstić information content (AvgIpc) is 2.69. The molecule has 0 aromatic heterocycles. The van der Waals surface area contributed by atoms with Crippen LogP contribution in [0, 0.1) is 5.82 Å². The van der Waals surface area contributed by atoms with Crippen molar-refractivity contribution in [3.05, 3.63) is 24.0 Å². The highest BCUT2D eigenvalue weighted by Crippen LogP contribution is 2.29. The molecule has 1 aliphatic carbocycles. The molecule has 2 rings (SSSR count). The van der Waals surface area contributed by atoms with E-state index in [1.165, 1.54) is 25.3 Å². The van der Waals surface area contributed by atoms with E-state index in [4.69, 9.17) is 0 Å². The zero-order valence-electron chi connectivity index (χ0n) is 17.5. The standard InChI is InChI=1S/C22H34FN3O2/c1-4-26(5-2)22(28)13-9-12-21(27)24-17-14-15-20(19(23)16-17)25(3)18-10-7-6-8-11-18/h14-16,18H,4-13H2,1-3H3,(H,24,27). The monoisotopic (exact) mass is 391 g/mol. The molecule has 0 atom stereocenters. The van der Waals surface area contributed by atoms with Gasteiger partial charge in [-0.15, -0.1) is 0 Å². The predicted molar refractivity (Wildman–Crippen MR) is 112 cm³/mol. The van der Waals surface area contributed by atoms with Crippen molar-refractivity contribution >= 4 is 23.2 Å². The molecule has 6 heteroatoms. The molecule has 1 N–H and O–H groups in total. The number of hydrogen-bond donors (Lipinski definition) is 1. The summed E-state index contributed by atoms with van der Waals surface area (Å²) in [5, 5.41) is 2.74. The van der Waals surface area contributed by atoms with Crippen LogP contribution in [-0.4, -0.2) is 42.9 Å². The van der Waals surface area contributed by atoms with Gasteiger partial charge in [0.25, 0.3) is 0 Å². The van der Waals surface area contributed by atoms with Crippen molar-refractivity contribution in [1.29, 1.82) is 0 Å². The topological polar surface area (TPSA) is 52.7 Å². The SMILES string of the molecule is CCN(CC)C(=O)CCCC(=O)Nc1ccc(N(C)C2CCCCC2)c(F)c1. The molecule has 28 heavy (non-hydrogen) atoms. The van der Waals surface area contributed by atoms with Crippen molar-refractivity contribution in [2.45, 2.75) is 71.3 Å². The van der Waals surface area contributed by atoms with E-state index >= 15 is 0 Å². The lowest BCUT2D eigenvalue weighted by Gasteiger charge is -2.33. The highest BCUT2D eigenvalue weighted by Gasteiger charge is 2.20. The van der Waals surface area contributed by atoms with Gasteiger partial charge in [-0.25, -0.2) is 4.39 Å². The lowest BCUT2D eigenvalue weighted by molar-refractivity contribution is -0.130. The molecule has 0 radical (unpaired) electrons. The van der Waals surface area contributed by atoms with Crippen LogP contribution in [-0.2, 0) is 9.59 Å². The third-order valence-electron chi connectivity index (χ3n) is 5.64. The second kappa shape index (κ2) is 11.0. The number of rotatable bonds is 9. The van der Waals surface area contributed by atoms with Gasteiger partial charge >= 0.3 is 0 Å². The lowest BCUT2D eigenvalue weighted by atomic mass is 9.94. The molecule has 0 unspecified atom stereocenters. The quantitative estimate of drug-likeness (QED) is 0.671. The smallest absolute Gasteiger partial charge is 0.224 e. The predicted octanol–water partition coefficient (Wildman–Crippen LogP) is 4.57. The average molecular weight is 392 g/mol. The van der Waals surface area contributed by atoms with Crippen LogP contribution >= 0.6 is 0 Å². The van der Waals surface area contributed by atoms with E-state index in [0.717, 1.165) is 12.8 Å². The van der Waals surface area contributed by atoms with E-state index in [1.807, 2.05) is 25.8 Å². The highest BCUT2D eigenvalue weighted by atomic mass is 19.1. The first-order valence-electron chi connectivity index (χ1n) is 10.6. The zero-order valence-corrected chi connectivity index (χ0v) is 17.5. The van der Waals surface area contributed by atoms with Crippen LogP contribution in [0.2, 0.25) is 0 Å². The number of nitrogens with one attached hydrogen (secondary N) is 1. The summed E-state index contributed by atoms with van der Waals surface area (Å²) in [5.74, 6) is -0.443. The fraction of sp³-hybridized carbons (Fsp3) is 0.636. The Balaban J connectivity index is 1.84. The maximum Gasteiger partial charge on any atom is 0.224 e. The second-order valence-corrected chi connectivity index (χ2v) is 7.54. The van der Waals surface area contributed by atoms with E-state index in [9.17, 15) is 14.0 Å². The van der Waals surface area contributed by atoms with E-state index in [2.05, 4.69) is 5.32 Å². The molecule has 0 aliphatic heterocycles. The summed E-state index contributed by atoms with van der Waals surface area (Å²) >= 11 is 0. The number of halogens is 1. The van der Waals surface area contributed by atoms with Gasteiger partial charge in [0.15, 0.2) is 0 Å². The summed E-state index contributed by atoms with van der Waals surface area (Å²) in [7, 11) is 1.94. The highest BCUT2D eigenvalue weighted by molar-refractivity contribution is 5.91. The summed E-state index contributed by atoms with van der Waals surface area (Å²) in [6.07, 6.45) is 6.95. The fourth-order valence-electron chi connectivity index (χ4n) is 3.89. The Kier molecular flexibility index (Phi) is 8.74. The molecule has 0 spiro atoms. The molecule has 2 amide bonds. The molecule has 5 nitrogen and oxygen atoms in total. The molecule has 1 aromatic rings. The third-order valence-corrected chi connectivity index (χ3v) is 5.64. The normalized spacial score (nSPS) is 14.6. The van der Waals surface area contributed by atoms with Gasteiger partial charge in [0, 0.05) is 44.7 Å². The minimum Gasteiger partial charge on any atom is -0.369 e. The van der Waals surface area contributed by atoms with Crippen molar-refractivity contribution in [1.82, 2.24) is 4.90 Å². The van der Waals surface area contributed by atoms with Crippen molar-refractivity contribution < 1.29 is 14.0 Å². The molecule has 0 bridgehead atoms. The maximum atomic E-state index is 14.6. The van der Waals surface area contributed by atoms with Crippen LogP contribution in [0.4, 0.5) is 15.8 Å². The van der Waals surface area contributed by atoms with Gasteiger partial charge < -0.3 is 15.1 Å². The van der Waals surface area contributed by atoms with Crippen LogP contribution in [0.5, 0.6) is 0 Å². The number of nitrogens with zero attached hydrogens (tertiary/aromatic N) is 2. The Morgan fingerprint density at radius 2 is 1.79 bits per heavy atom. The number of anilines is 2. The summed E-state index contributed by atoms with van der Waals surface area (Å²) in [6, 6.07) is 5.25. The lowest BCUT2D eigenvalue weighted by Crippen LogP contribution is -2.33. The minimum atomic E-state index is -0.317. The number of benzene rings is 1. The Labute approximate surface area is 168 Å². The Morgan fingerprint density at radius 3 is 2.39 bits per heavy atom. The molecular formula is C22H34FN3O2. The van der Waals surface area contributed by atoms with Crippen LogP contribution in [0.15, 0.2) is 18.2 Å². The number of amides is 2. The number of hydrogen-bond acceptors (Lipinski definition) is 3. The van der Waals surface area contributed by atoms with Gasteiger partial charge in [-0.2, -0.15) is 0 Å². The Bertz CT molecular complexity index is 655. The van der Waals surface area contributed by atoms with Crippen LogP contribution < -0.4 is 10.2 Å². The molecule has 0 heterocycles. The first kappa shape index (κ1) is 22.2. The summed E-state index contributed by atoms with van der Waals surface area (Å²) in [6.45, 7) is 5.25. The molecular weight excluding hydrogens is 357 g/mol. The molecule has 1 aliphatic rings. The van der Waals surface area contributed by atoms with Crippen molar-refractivity contribution in [3.63, 3.8) is 0 Å². The summed E-state index contributed by atoms with van der Waals surface area (Å²) in [4.78, 5) is 27.9. The van der Waals surface area contributed by atoms with Crippen LogP contribution in [0.3, 0.4) is 0 Å². The minimum absolute atomic E-state index is 0.0685. The summed E-state index contributed by atoms with van der Waals surface area (Å²) < 4.78 is 14.6. The van der Waals surface area contributed by atoms with E-state index in [1.54, 1.807) is 17.0 Å². The second-order valence-electron chi connectivity index (χ2n) is 7.54. The van der Waals surface area contributed by atoms with E-state index < -0.39 is 0 Å². The van der Waals surface area contributed by atoms with E-state index in [-0.39, 0.29) is 24.1 Å². The zero-order chi connectivity index (χ0) is 20.5. The maximum absolute atomic E-state index is 14.6. The first-order valence-corrected chi connectivity index (χ1v) is 10.6. The van der Waals surface area contributed by atoms with Crippen molar-refractivity contribution in [2.75, 3.05) is 30.4 Å². The summed E-state index contributed by atoms with van der Waals surface area (Å²) in [5.41, 5.74) is 1.04. The van der Waals surface area contributed by atoms with Crippen molar-refractivity contribution in [3.8, 4) is 0 Å². The molecule has 0 saturated heterocycles. The van der Waals surface area contributed by atoms with Gasteiger partial charge in [0.05, 0.1) is 5.69 Å². The van der Waals surface area contributed by atoms with E-state index in [0.29, 0.717) is 43.3 Å². The first-order chi connectivity index (χ1) is 13.5. The number of carbonyl (C=O) groups is 2. The van der Waals surface area contributed by atoms with Gasteiger partial charge in [-0.1, -0.05) is 19.3 Å². The van der Waals surface area contributed by atoms with Crippen LogP contribution in [0.25, 0.3) is 0 Å². The molecule has 1 saturated carbocycles. The fourth-order valence-corrected chi connectivity index (χ4v) is 3.89. The van der Waals surface area contributed by atoms with Crippen molar-refractivity contribution in [2.24, 2.45) is 0 Å². The molecule has 1 aromatic carbocycles. The molecule has 156 valence electrons. The largest absolute Gasteiger partial charge is 0.369 e. The van der Waals surface area contributed by atoms with Gasteiger partial charge in [-0.05, 0) is 51.3 Å². The van der Waals surface area contributed by atoms with Crippen LogP contribution in [0.1, 0.15) is 65.2 Å².